The van der Waals surface area contributed by atoms with Crippen molar-refractivity contribution in [1.82, 2.24) is 0 Å². The molecule has 3 N–H and O–H groups in total. The van der Waals surface area contributed by atoms with E-state index in [-0.39, 0.29) is 5.91 Å². The third-order valence-corrected chi connectivity index (χ3v) is 3.20. The summed E-state index contributed by atoms with van der Waals surface area (Å²) in [5.74, 6) is 0.899. The van der Waals surface area contributed by atoms with E-state index in [1.54, 1.807) is 0 Å². The topological polar surface area (TPSA) is 55.1 Å². The van der Waals surface area contributed by atoms with Crippen LogP contribution in [0.25, 0.3) is 0 Å². The number of hydrogen-bond acceptors (Lipinski definition) is 2. The van der Waals surface area contributed by atoms with Gasteiger partial charge >= 0.3 is 0 Å². The molecule has 1 amide bonds. The van der Waals surface area contributed by atoms with Gasteiger partial charge in [0.05, 0.1) is 6.42 Å². The van der Waals surface area contributed by atoms with Crippen molar-refractivity contribution in [3.05, 3.63) is 23.3 Å². The normalized spacial score (nSPS) is 18.8. The van der Waals surface area contributed by atoms with Crippen molar-refractivity contribution in [2.75, 3.05) is 11.1 Å². The van der Waals surface area contributed by atoms with Crippen molar-refractivity contribution in [2.45, 2.75) is 25.7 Å². The van der Waals surface area contributed by atoms with Gasteiger partial charge in [0.15, 0.2) is 0 Å². The van der Waals surface area contributed by atoms with Crippen molar-refractivity contribution >= 4 is 17.3 Å². The van der Waals surface area contributed by atoms with Crippen LogP contribution in [0.3, 0.4) is 0 Å². The summed E-state index contributed by atoms with van der Waals surface area (Å²) in [6, 6.07) is 4.00. The summed E-state index contributed by atoms with van der Waals surface area (Å²) in [5, 5.41) is 2.86. The van der Waals surface area contributed by atoms with Crippen LogP contribution in [0.15, 0.2) is 12.1 Å². The summed E-state index contributed by atoms with van der Waals surface area (Å²) >= 11 is 0. The fraction of sp³-hybridized carbons (Fsp3) is 0.417. The number of hydrogen-bond donors (Lipinski definition) is 2. The van der Waals surface area contributed by atoms with Crippen molar-refractivity contribution in [3.63, 3.8) is 0 Å². The molecule has 1 fully saturated rings. The Morgan fingerprint density at radius 3 is 2.93 bits per heavy atom. The van der Waals surface area contributed by atoms with E-state index < -0.39 is 0 Å². The van der Waals surface area contributed by atoms with Gasteiger partial charge < -0.3 is 11.1 Å². The smallest absolute Gasteiger partial charge is 0.228 e. The number of nitrogen functional groups attached to an aromatic ring is 1. The van der Waals surface area contributed by atoms with Crippen LogP contribution in [0.5, 0.6) is 0 Å². The molecule has 3 nitrogen and oxygen atoms in total. The molecule has 1 aliphatic heterocycles. The lowest BCUT2D eigenvalue weighted by molar-refractivity contribution is -0.115. The first kappa shape index (κ1) is 8.77. The third kappa shape index (κ3) is 1.58. The van der Waals surface area contributed by atoms with Gasteiger partial charge in [0.1, 0.15) is 0 Å². The van der Waals surface area contributed by atoms with E-state index in [1.165, 1.54) is 18.4 Å². The van der Waals surface area contributed by atoms with Gasteiger partial charge in [0.2, 0.25) is 5.91 Å². The second-order valence-electron chi connectivity index (χ2n) is 4.58. The minimum absolute atomic E-state index is 0.0768. The highest BCUT2D eigenvalue weighted by atomic mass is 16.1. The van der Waals surface area contributed by atoms with Gasteiger partial charge in [-0.25, -0.2) is 0 Å². The van der Waals surface area contributed by atoms with Crippen molar-refractivity contribution < 1.29 is 4.79 Å². The highest BCUT2D eigenvalue weighted by Crippen LogP contribution is 2.36. The Hall–Kier alpha value is -1.51. The lowest BCUT2D eigenvalue weighted by Gasteiger charge is -2.07. The predicted octanol–water partition coefficient (Wildman–Crippen LogP) is 1.72. The molecule has 3 rings (SSSR count). The van der Waals surface area contributed by atoms with Crippen molar-refractivity contribution in [3.8, 4) is 0 Å². The molecular weight excluding hydrogens is 188 g/mol. The van der Waals surface area contributed by atoms with Crippen LogP contribution in [0.2, 0.25) is 0 Å². The molecule has 3 heteroatoms. The van der Waals surface area contributed by atoms with Crippen LogP contribution in [-0.4, -0.2) is 5.91 Å². The number of nitrogens with one attached hydrogen (secondary N) is 1. The van der Waals surface area contributed by atoms with E-state index in [0.717, 1.165) is 29.3 Å². The minimum Gasteiger partial charge on any atom is -0.398 e. The summed E-state index contributed by atoms with van der Waals surface area (Å²) in [6.07, 6.45) is 4.18. The van der Waals surface area contributed by atoms with Gasteiger partial charge in [-0.2, -0.15) is 0 Å². The van der Waals surface area contributed by atoms with E-state index in [1.807, 2.05) is 12.1 Å². The third-order valence-electron chi connectivity index (χ3n) is 3.20. The molecule has 0 saturated heterocycles. The average molecular weight is 202 g/mol. The second kappa shape index (κ2) is 2.99. The molecule has 1 heterocycles. The number of amides is 1. The fourth-order valence-corrected chi connectivity index (χ4v) is 2.15. The molecule has 0 unspecified atom stereocenters. The Morgan fingerprint density at radius 1 is 1.40 bits per heavy atom. The average Bonchev–Trinajstić information content (AvgIpc) is 2.90. The summed E-state index contributed by atoms with van der Waals surface area (Å²) in [4.78, 5) is 11.2. The zero-order valence-corrected chi connectivity index (χ0v) is 8.55. The van der Waals surface area contributed by atoms with Gasteiger partial charge in [-0.15, -0.1) is 0 Å². The van der Waals surface area contributed by atoms with Crippen LogP contribution in [-0.2, 0) is 17.6 Å². The highest BCUT2D eigenvalue weighted by molar-refractivity contribution is 5.99. The van der Waals surface area contributed by atoms with Gasteiger partial charge in [-0.05, 0) is 48.4 Å². The van der Waals surface area contributed by atoms with Gasteiger partial charge in [0.25, 0.3) is 0 Å². The van der Waals surface area contributed by atoms with Crippen LogP contribution >= 0.6 is 0 Å². The SMILES string of the molecule is Nc1cc2c(cc1CC1CC1)NC(=O)C2. The molecule has 0 spiro atoms. The molecule has 1 aromatic rings. The minimum atomic E-state index is 0.0768. The molecule has 0 radical (unpaired) electrons. The monoisotopic (exact) mass is 202 g/mol. The van der Waals surface area contributed by atoms with Gasteiger partial charge in [-0.3, -0.25) is 4.79 Å². The van der Waals surface area contributed by atoms with Crippen LogP contribution < -0.4 is 11.1 Å². The van der Waals surface area contributed by atoms with Gasteiger partial charge in [-0.1, -0.05) is 0 Å². The second-order valence-corrected chi connectivity index (χ2v) is 4.58. The standard InChI is InChI=1S/C12H14N2O/c13-10-4-9-6-12(15)14-11(9)5-8(10)3-7-1-2-7/h4-5,7H,1-3,6,13H2,(H,14,15). The van der Waals surface area contributed by atoms with E-state index in [4.69, 9.17) is 5.73 Å². The summed E-state index contributed by atoms with van der Waals surface area (Å²) in [6.45, 7) is 0. The maximum absolute atomic E-state index is 11.2. The first-order valence-electron chi connectivity index (χ1n) is 5.43. The number of anilines is 2. The lowest BCUT2D eigenvalue weighted by atomic mass is 10.0. The Bertz CT molecular complexity index is 435. The predicted molar refractivity (Wildman–Crippen MR) is 59.6 cm³/mol. The maximum atomic E-state index is 11.2. The fourth-order valence-electron chi connectivity index (χ4n) is 2.15. The lowest BCUT2D eigenvalue weighted by Crippen LogP contribution is -2.03. The van der Waals surface area contributed by atoms with Crippen LogP contribution in [0.4, 0.5) is 11.4 Å². The van der Waals surface area contributed by atoms with Crippen molar-refractivity contribution in [1.29, 1.82) is 0 Å². The Kier molecular flexibility index (Phi) is 1.75. The first-order chi connectivity index (χ1) is 7.22. The molecule has 0 aromatic heterocycles. The number of fused-ring (bicyclic) bond motifs is 1. The van der Waals surface area contributed by atoms with E-state index in [2.05, 4.69) is 5.32 Å². The molecule has 2 aliphatic rings. The Balaban J connectivity index is 1.95. The van der Waals surface area contributed by atoms with Crippen molar-refractivity contribution in [2.24, 2.45) is 5.92 Å². The Labute approximate surface area is 88.7 Å². The van der Waals surface area contributed by atoms with E-state index in [9.17, 15) is 4.79 Å². The van der Waals surface area contributed by atoms with Crippen LogP contribution in [0, 0.1) is 5.92 Å². The number of rotatable bonds is 2. The molecule has 0 atom stereocenters. The molecule has 78 valence electrons. The highest BCUT2D eigenvalue weighted by Gasteiger charge is 2.24. The molecule has 1 aromatic carbocycles. The maximum Gasteiger partial charge on any atom is 0.228 e. The molecule has 1 saturated carbocycles. The first-order valence-corrected chi connectivity index (χ1v) is 5.43. The van der Waals surface area contributed by atoms with E-state index in [0.29, 0.717) is 6.42 Å². The number of carbonyl (C=O) groups excluding carboxylic acids is 1. The zero-order valence-electron chi connectivity index (χ0n) is 8.55. The van der Waals surface area contributed by atoms with Gasteiger partial charge in [0, 0.05) is 11.4 Å². The van der Waals surface area contributed by atoms with E-state index >= 15 is 0 Å². The largest absolute Gasteiger partial charge is 0.398 e. The molecule has 15 heavy (non-hydrogen) atoms. The molecular formula is C12H14N2O. The number of benzene rings is 1. The zero-order chi connectivity index (χ0) is 10.4. The van der Waals surface area contributed by atoms with Crippen LogP contribution in [0.1, 0.15) is 24.0 Å². The summed E-state index contributed by atoms with van der Waals surface area (Å²) in [7, 11) is 0. The molecule has 1 aliphatic carbocycles. The summed E-state index contributed by atoms with van der Waals surface area (Å²) in [5.41, 5.74) is 10.0. The number of carbonyl (C=O) groups is 1. The molecule has 0 bridgehead atoms. The number of nitrogens with two attached hydrogens (primary N) is 1. The Morgan fingerprint density at radius 2 is 2.20 bits per heavy atom. The summed E-state index contributed by atoms with van der Waals surface area (Å²) < 4.78 is 0. The quantitative estimate of drug-likeness (QED) is 0.717.